The lowest BCUT2D eigenvalue weighted by Crippen LogP contribution is -2.12. The molecular formula is C16H18N4. The van der Waals surface area contributed by atoms with E-state index in [1.165, 1.54) is 11.1 Å². The number of nitrogens with zero attached hydrogens (tertiary/aromatic N) is 2. The van der Waals surface area contributed by atoms with E-state index in [1.807, 2.05) is 42.2 Å². The van der Waals surface area contributed by atoms with Crippen LogP contribution in [-0.4, -0.2) is 9.55 Å². The number of nitrogen functional groups attached to an aromatic ring is 1. The predicted molar refractivity (Wildman–Crippen MR) is 82.1 cm³/mol. The molecule has 3 rings (SSSR count). The van der Waals surface area contributed by atoms with Crippen LogP contribution < -0.4 is 11.1 Å². The van der Waals surface area contributed by atoms with Crippen molar-refractivity contribution in [1.29, 1.82) is 0 Å². The molecule has 0 saturated carbocycles. The van der Waals surface area contributed by atoms with E-state index in [1.54, 1.807) is 0 Å². The van der Waals surface area contributed by atoms with Gasteiger partial charge in [-0.25, -0.2) is 4.98 Å². The number of fused-ring (bicyclic) bond motifs is 1. The zero-order valence-corrected chi connectivity index (χ0v) is 11.5. The highest BCUT2D eigenvalue weighted by molar-refractivity contribution is 5.75. The summed E-state index contributed by atoms with van der Waals surface area (Å²) in [5.41, 5.74) is 11.1. The second kappa shape index (κ2) is 5.35. The highest BCUT2D eigenvalue weighted by Crippen LogP contribution is 2.14. The zero-order chi connectivity index (χ0) is 13.9. The van der Waals surface area contributed by atoms with Crippen molar-refractivity contribution in [2.24, 2.45) is 7.05 Å². The van der Waals surface area contributed by atoms with Crippen LogP contribution in [0.5, 0.6) is 0 Å². The van der Waals surface area contributed by atoms with Gasteiger partial charge in [-0.2, -0.15) is 0 Å². The maximum absolute atomic E-state index is 5.67. The normalized spacial score (nSPS) is 11.1. The molecule has 0 bridgehead atoms. The Morgan fingerprint density at radius 1 is 1.05 bits per heavy atom. The summed E-state index contributed by atoms with van der Waals surface area (Å²) in [6.07, 6.45) is 1.84. The highest BCUT2D eigenvalue weighted by Gasteiger charge is 2.01. The summed E-state index contributed by atoms with van der Waals surface area (Å²) >= 11 is 0. The molecule has 0 aliphatic carbocycles. The van der Waals surface area contributed by atoms with Gasteiger partial charge in [0.2, 0.25) is 0 Å². The Morgan fingerprint density at radius 3 is 2.55 bits per heavy atom. The molecule has 1 aromatic heterocycles. The van der Waals surface area contributed by atoms with Crippen LogP contribution in [0, 0.1) is 0 Å². The van der Waals surface area contributed by atoms with Crippen molar-refractivity contribution in [2.75, 3.05) is 5.73 Å². The van der Waals surface area contributed by atoms with Crippen LogP contribution in [0.1, 0.15) is 11.1 Å². The van der Waals surface area contributed by atoms with Gasteiger partial charge in [0.05, 0.1) is 17.4 Å². The van der Waals surface area contributed by atoms with Gasteiger partial charge in [-0.3, -0.25) is 0 Å². The number of hydrogen-bond acceptors (Lipinski definition) is 3. The molecule has 20 heavy (non-hydrogen) atoms. The lowest BCUT2D eigenvalue weighted by Gasteiger charge is -2.06. The third-order valence-corrected chi connectivity index (χ3v) is 3.43. The number of nitrogens with two attached hydrogens (primary N) is 1. The molecule has 0 radical (unpaired) electrons. The van der Waals surface area contributed by atoms with Crippen molar-refractivity contribution >= 4 is 16.7 Å². The number of benzene rings is 2. The van der Waals surface area contributed by atoms with Gasteiger partial charge in [-0.15, -0.1) is 0 Å². The molecule has 102 valence electrons. The summed E-state index contributed by atoms with van der Waals surface area (Å²) in [7, 11) is 2.01. The maximum atomic E-state index is 5.67. The maximum Gasteiger partial charge on any atom is 0.0955 e. The molecule has 0 unspecified atom stereocenters. The predicted octanol–water partition coefficient (Wildman–Crippen LogP) is 2.45. The quantitative estimate of drug-likeness (QED) is 0.713. The Labute approximate surface area is 118 Å². The Hall–Kier alpha value is -2.33. The van der Waals surface area contributed by atoms with Crippen molar-refractivity contribution in [3.63, 3.8) is 0 Å². The molecule has 0 aliphatic heterocycles. The van der Waals surface area contributed by atoms with Crippen LogP contribution >= 0.6 is 0 Å². The van der Waals surface area contributed by atoms with Gasteiger partial charge in [0.1, 0.15) is 0 Å². The summed E-state index contributed by atoms with van der Waals surface area (Å²) in [6, 6.07) is 14.3. The van der Waals surface area contributed by atoms with Crippen LogP contribution in [0.2, 0.25) is 0 Å². The number of anilines is 1. The third kappa shape index (κ3) is 2.65. The highest BCUT2D eigenvalue weighted by atomic mass is 15.0. The van der Waals surface area contributed by atoms with Crippen molar-refractivity contribution in [3.05, 3.63) is 59.9 Å². The Bertz CT molecular complexity index is 713. The van der Waals surface area contributed by atoms with E-state index in [2.05, 4.69) is 28.5 Å². The molecule has 0 atom stereocenters. The monoisotopic (exact) mass is 266 g/mol. The zero-order valence-electron chi connectivity index (χ0n) is 11.5. The Kier molecular flexibility index (Phi) is 3.39. The Morgan fingerprint density at radius 2 is 1.75 bits per heavy atom. The summed E-state index contributed by atoms with van der Waals surface area (Å²) in [5, 5.41) is 3.43. The molecule has 0 spiro atoms. The van der Waals surface area contributed by atoms with Gasteiger partial charge in [0, 0.05) is 25.8 Å². The summed E-state index contributed by atoms with van der Waals surface area (Å²) in [5.74, 6) is 0. The van der Waals surface area contributed by atoms with Crippen LogP contribution in [0.25, 0.3) is 11.0 Å². The van der Waals surface area contributed by atoms with E-state index in [0.717, 1.165) is 29.8 Å². The number of aryl methyl sites for hydroxylation is 1. The van der Waals surface area contributed by atoms with Crippen molar-refractivity contribution in [1.82, 2.24) is 14.9 Å². The number of rotatable bonds is 4. The summed E-state index contributed by atoms with van der Waals surface area (Å²) < 4.78 is 2.03. The SMILES string of the molecule is Cn1cnc2cc(CNCc3ccc(N)cc3)ccc21. The van der Waals surface area contributed by atoms with Gasteiger partial charge in [0.15, 0.2) is 0 Å². The van der Waals surface area contributed by atoms with Crippen molar-refractivity contribution in [3.8, 4) is 0 Å². The number of aromatic nitrogens is 2. The third-order valence-electron chi connectivity index (χ3n) is 3.43. The number of hydrogen-bond donors (Lipinski definition) is 2. The molecule has 4 heteroatoms. The minimum atomic E-state index is 0.800. The van der Waals surface area contributed by atoms with Crippen molar-refractivity contribution < 1.29 is 0 Å². The van der Waals surface area contributed by atoms with Crippen LogP contribution in [0.15, 0.2) is 48.8 Å². The Balaban J connectivity index is 1.63. The summed E-state index contributed by atoms with van der Waals surface area (Å²) in [4.78, 5) is 4.38. The lowest BCUT2D eigenvalue weighted by atomic mass is 10.1. The summed E-state index contributed by atoms with van der Waals surface area (Å²) in [6.45, 7) is 1.66. The molecule has 4 nitrogen and oxygen atoms in total. The second-order valence-corrected chi connectivity index (χ2v) is 5.02. The van der Waals surface area contributed by atoms with E-state index >= 15 is 0 Å². The van der Waals surface area contributed by atoms with Crippen LogP contribution in [0.3, 0.4) is 0 Å². The lowest BCUT2D eigenvalue weighted by molar-refractivity contribution is 0.694. The van der Waals surface area contributed by atoms with Gasteiger partial charge >= 0.3 is 0 Å². The smallest absolute Gasteiger partial charge is 0.0955 e. The fraction of sp³-hybridized carbons (Fsp3) is 0.188. The second-order valence-electron chi connectivity index (χ2n) is 5.02. The first-order valence-electron chi connectivity index (χ1n) is 6.67. The largest absolute Gasteiger partial charge is 0.399 e. The first-order valence-corrected chi connectivity index (χ1v) is 6.67. The fourth-order valence-corrected chi connectivity index (χ4v) is 2.28. The molecule has 0 fully saturated rings. The fourth-order valence-electron chi connectivity index (χ4n) is 2.28. The minimum Gasteiger partial charge on any atom is -0.399 e. The van der Waals surface area contributed by atoms with Gasteiger partial charge in [0.25, 0.3) is 0 Å². The number of imidazole rings is 1. The molecule has 1 heterocycles. The van der Waals surface area contributed by atoms with Crippen LogP contribution in [-0.2, 0) is 20.1 Å². The molecule has 3 N–H and O–H groups in total. The van der Waals surface area contributed by atoms with E-state index in [9.17, 15) is 0 Å². The van der Waals surface area contributed by atoms with Gasteiger partial charge < -0.3 is 15.6 Å². The first kappa shape index (κ1) is 12.7. The van der Waals surface area contributed by atoms with Crippen LogP contribution in [0.4, 0.5) is 5.69 Å². The average Bonchev–Trinajstić information content (AvgIpc) is 2.82. The standard InChI is InChI=1S/C16H18N4/c1-20-11-19-15-8-13(4-7-16(15)20)10-18-9-12-2-5-14(17)6-3-12/h2-8,11,18H,9-10,17H2,1H3. The van der Waals surface area contributed by atoms with E-state index in [4.69, 9.17) is 5.73 Å². The molecule has 3 aromatic rings. The molecular weight excluding hydrogens is 248 g/mol. The van der Waals surface area contributed by atoms with Crippen molar-refractivity contribution in [2.45, 2.75) is 13.1 Å². The average molecular weight is 266 g/mol. The van der Waals surface area contributed by atoms with E-state index in [-0.39, 0.29) is 0 Å². The first-order chi connectivity index (χ1) is 9.72. The van der Waals surface area contributed by atoms with Gasteiger partial charge in [-0.1, -0.05) is 18.2 Å². The molecule has 0 saturated heterocycles. The molecule has 0 amide bonds. The molecule has 2 aromatic carbocycles. The van der Waals surface area contributed by atoms with E-state index < -0.39 is 0 Å². The minimum absolute atomic E-state index is 0.800. The topological polar surface area (TPSA) is 55.9 Å². The number of nitrogens with one attached hydrogen (secondary N) is 1. The van der Waals surface area contributed by atoms with E-state index in [0.29, 0.717) is 0 Å². The molecule has 0 aliphatic rings. The van der Waals surface area contributed by atoms with Gasteiger partial charge in [-0.05, 0) is 35.4 Å².